The van der Waals surface area contributed by atoms with Crippen LogP contribution in [-0.4, -0.2) is 37.0 Å². The highest BCUT2D eigenvalue weighted by Crippen LogP contribution is 2.16. The lowest BCUT2D eigenvalue weighted by atomic mass is 10.1. The highest BCUT2D eigenvalue weighted by atomic mass is 16.5. The molecule has 0 bridgehead atoms. The van der Waals surface area contributed by atoms with Crippen molar-refractivity contribution < 1.29 is 23.9 Å². The number of carbonyl (C=O) groups is 3. The molecule has 2 aromatic carbocycles. The Kier molecular flexibility index (Phi) is 9.29. The zero-order chi connectivity index (χ0) is 22.6. The van der Waals surface area contributed by atoms with Crippen LogP contribution in [0.15, 0.2) is 60.3 Å². The van der Waals surface area contributed by atoms with Gasteiger partial charge in [-0.15, -0.1) is 0 Å². The Morgan fingerprint density at radius 1 is 1.00 bits per heavy atom. The molecule has 7 nitrogen and oxygen atoms in total. The molecule has 0 saturated carbocycles. The Morgan fingerprint density at radius 2 is 1.68 bits per heavy atom. The minimum absolute atomic E-state index is 0.0554. The second-order valence-corrected chi connectivity index (χ2v) is 7.06. The summed E-state index contributed by atoms with van der Waals surface area (Å²) in [4.78, 5) is 36.1. The van der Waals surface area contributed by atoms with Crippen molar-refractivity contribution in [1.82, 2.24) is 10.6 Å². The third-order valence-electron chi connectivity index (χ3n) is 4.00. The predicted molar refractivity (Wildman–Crippen MR) is 118 cm³/mol. The topological polar surface area (TPSA) is 93.7 Å². The van der Waals surface area contributed by atoms with Crippen LogP contribution in [0.25, 0.3) is 6.08 Å². The molecule has 0 fully saturated rings. The first-order valence-electron chi connectivity index (χ1n) is 10.1. The van der Waals surface area contributed by atoms with Gasteiger partial charge >= 0.3 is 5.97 Å². The number of hydrogen-bond acceptors (Lipinski definition) is 5. The first-order chi connectivity index (χ1) is 14.8. The molecule has 0 aliphatic heterocycles. The highest BCUT2D eigenvalue weighted by molar-refractivity contribution is 6.05. The van der Waals surface area contributed by atoms with Gasteiger partial charge in [-0.25, -0.2) is 0 Å². The first-order valence-corrected chi connectivity index (χ1v) is 10.1. The summed E-state index contributed by atoms with van der Waals surface area (Å²) < 4.78 is 10.5. The van der Waals surface area contributed by atoms with Gasteiger partial charge < -0.3 is 20.1 Å². The fourth-order valence-corrected chi connectivity index (χ4v) is 2.61. The molecule has 164 valence electrons. The molecule has 0 radical (unpaired) electrons. The third kappa shape index (κ3) is 8.74. The van der Waals surface area contributed by atoms with E-state index in [9.17, 15) is 14.4 Å². The van der Waals surface area contributed by atoms with E-state index in [-0.39, 0.29) is 30.3 Å². The van der Waals surface area contributed by atoms with Crippen LogP contribution >= 0.6 is 0 Å². The Labute approximate surface area is 182 Å². The van der Waals surface area contributed by atoms with Gasteiger partial charge in [0.1, 0.15) is 11.4 Å². The van der Waals surface area contributed by atoms with Crippen molar-refractivity contribution in [2.45, 2.75) is 33.3 Å². The van der Waals surface area contributed by atoms with Gasteiger partial charge in [0.25, 0.3) is 11.8 Å². The third-order valence-corrected chi connectivity index (χ3v) is 4.00. The molecule has 31 heavy (non-hydrogen) atoms. The van der Waals surface area contributed by atoms with Gasteiger partial charge in [-0.05, 0) is 56.2 Å². The fourth-order valence-electron chi connectivity index (χ4n) is 2.61. The SMILES string of the molecule is CC(=O)OCCCNC(=O)/C(=C\c1ccc(OC(C)C)cc1)NC(=O)c1ccccc1. The van der Waals surface area contributed by atoms with E-state index in [2.05, 4.69) is 10.6 Å². The molecule has 0 aromatic heterocycles. The van der Waals surface area contributed by atoms with Crippen LogP contribution < -0.4 is 15.4 Å². The lowest BCUT2D eigenvalue weighted by molar-refractivity contribution is -0.141. The summed E-state index contributed by atoms with van der Waals surface area (Å²) in [6, 6.07) is 15.9. The molecule has 2 aromatic rings. The molecule has 7 heteroatoms. The fraction of sp³-hybridized carbons (Fsp3) is 0.292. The van der Waals surface area contributed by atoms with Crippen molar-refractivity contribution in [3.8, 4) is 5.75 Å². The average molecular weight is 424 g/mol. The summed E-state index contributed by atoms with van der Waals surface area (Å²) in [6.45, 7) is 5.72. The smallest absolute Gasteiger partial charge is 0.302 e. The van der Waals surface area contributed by atoms with E-state index in [1.165, 1.54) is 6.92 Å². The normalized spacial score (nSPS) is 11.0. The van der Waals surface area contributed by atoms with Crippen molar-refractivity contribution in [3.05, 3.63) is 71.4 Å². The summed E-state index contributed by atoms with van der Waals surface area (Å²) in [7, 11) is 0. The first kappa shape index (κ1) is 23.7. The van der Waals surface area contributed by atoms with Gasteiger partial charge in [-0.2, -0.15) is 0 Å². The van der Waals surface area contributed by atoms with Crippen LogP contribution in [0.1, 0.15) is 43.1 Å². The maximum absolute atomic E-state index is 12.7. The van der Waals surface area contributed by atoms with Gasteiger partial charge in [-0.3, -0.25) is 14.4 Å². The summed E-state index contributed by atoms with van der Waals surface area (Å²) in [5.41, 5.74) is 1.28. The minimum atomic E-state index is -0.436. The number of esters is 1. The van der Waals surface area contributed by atoms with Crippen LogP contribution in [0, 0.1) is 0 Å². The molecule has 0 heterocycles. The maximum Gasteiger partial charge on any atom is 0.302 e. The molecule has 0 aliphatic rings. The molecule has 0 atom stereocenters. The average Bonchev–Trinajstić information content (AvgIpc) is 2.74. The second-order valence-electron chi connectivity index (χ2n) is 7.06. The Balaban J connectivity index is 2.12. The van der Waals surface area contributed by atoms with E-state index in [4.69, 9.17) is 9.47 Å². The number of ether oxygens (including phenoxy) is 2. The summed E-state index contributed by atoms with van der Waals surface area (Å²) in [5, 5.41) is 5.41. The monoisotopic (exact) mass is 424 g/mol. The number of rotatable bonds is 10. The Hall–Kier alpha value is -3.61. The van der Waals surface area contributed by atoms with Gasteiger partial charge in [0.05, 0.1) is 12.7 Å². The number of amides is 2. The molecular weight excluding hydrogens is 396 g/mol. The van der Waals surface area contributed by atoms with Crippen LogP contribution in [0.3, 0.4) is 0 Å². The number of benzene rings is 2. The van der Waals surface area contributed by atoms with E-state index < -0.39 is 5.91 Å². The quantitative estimate of drug-likeness (QED) is 0.347. The Morgan fingerprint density at radius 3 is 2.29 bits per heavy atom. The Bertz CT molecular complexity index is 905. The van der Waals surface area contributed by atoms with Crippen molar-refractivity contribution in [2.75, 3.05) is 13.2 Å². The predicted octanol–water partition coefficient (Wildman–Crippen LogP) is 3.31. The zero-order valence-electron chi connectivity index (χ0n) is 18.0. The molecule has 2 amide bonds. The van der Waals surface area contributed by atoms with E-state index >= 15 is 0 Å². The molecular formula is C24H28N2O5. The van der Waals surface area contributed by atoms with Crippen LogP contribution in [0.4, 0.5) is 0 Å². The number of nitrogens with one attached hydrogen (secondary N) is 2. The molecule has 0 aliphatic carbocycles. The summed E-state index contributed by atoms with van der Waals surface area (Å²) in [5.74, 6) is -0.472. The standard InChI is InChI=1S/C24H28N2O5/c1-17(2)31-21-12-10-19(11-13-21)16-22(24(29)25-14-7-15-30-18(3)27)26-23(28)20-8-5-4-6-9-20/h4-6,8-13,16-17H,7,14-15H2,1-3H3,(H,25,29)(H,26,28)/b22-16+. The van der Waals surface area contributed by atoms with E-state index in [0.717, 1.165) is 11.3 Å². The van der Waals surface area contributed by atoms with Crippen molar-refractivity contribution in [1.29, 1.82) is 0 Å². The highest BCUT2D eigenvalue weighted by Gasteiger charge is 2.14. The zero-order valence-corrected chi connectivity index (χ0v) is 18.0. The molecule has 0 unspecified atom stereocenters. The summed E-state index contributed by atoms with van der Waals surface area (Å²) in [6.07, 6.45) is 2.12. The number of carbonyl (C=O) groups excluding carboxylic acids is 3. The maximum atomic E-state index is 12.7. The number of hydrogen-bond donors (Lipinski definition) is 2. The lowest BCUT2D eigenvalue weighted by Gasteiger charge is -2.12. The van der Waals surface area contributed by atoms with Gasteiger partial charge in [0.2, 0.25) is 0 Å². The second kappa shape index (κ2) is 12.2. The van der Waals surface area contributed by atoms with Gasteiger partial charge in [0.15, 0.2) is 0 Å². The molecule has 2 rings (SSSR count). The minimum Gasteiger partial charge on any atom is -0.491 e. The van der Waals surface area contributed by atoms with Crippen molar-refractivity contribution >= 4 is 23.9 Å². The van der Waals surface area contributed by atoms with E-state index in [0.29, 0.717) is 18.5 Å². The molecule has 2 N–H and O–H groups in total. The summed E-state index contributed by atoms with van der Waals surface area (Å²) >= 11 is 0. The van der Waals surface area contributed by atoms with Crippen LogP contribution in [-0.2, 0) is 14.3 Å². The lowest BCUT2D eigenvalue weighted by Crippen LogP contribution is -2.35. The largest absolute Gasteiger partial charge is 0.491 e. The van der Waals surface area contributed by atoms with Gasteiger partial charge in [-0.1, -0.05) is 30.3 Å². The van der Waals surface area contributed by atoms with E-state index in [1.807, 2.05) is 19.9 Å². The molecule has 0 spiro atoms. The van der Waals surface area contributed by atoms with Gasteiger partial charge in [0, 0.05) is 19.0 Å². The van der Waals surface area contributed by atoms with Crippen LogP contribution in [0.2, 0.25) is 0 Å². The molecule has 0 saturated heterocycles. The van der Waals surface area contributed by atoms with Crippen molar-refractivity contribution in [3.63, 3.8) is 0 Å². The van der Waals surface area contributed by atoms with Crippen LogP contribution in [0.5, 0.6) is 5.75 Å². The van der Waals surface area contributed by atoms with Crippen molar-refractivity contribution in [2.24, 2.45) is 0 Å². The van der Waals surface area contributed by atoms with E-state index in [1.54, 1.807) is 54.6 Å².